The maximum atomic E-state index is 12.6. The second-order valence-corrected chi connectivity index (χ2v) is 4.76. The number of methoxy groups -OCH3 is 1. The number of ether oxygens (including phenoxy) is 3. The predicted octanol–water partition coefficient (Wildman–Crippen LogP) is 0.792. The molecule has 0 aliphatic carbocycles. The summed E-state index contributed by atoms with van der Waals surface area (Å²) in [7, 11) is 1.61. The van der Waals surface area contributed by atoms with Gasteiger partial charge in [0.1, 0.15) is 5.75 Å². The van der Waals surface area contributed by atoms with Crippen LogP contribution in [0.25, 0.3) is 0 Å². The summed E-state index contributed by atoms with van der Waals surface area (Å²) in [5, 5.41) is 0. The lowest BCUT2D eigenvalue weighted by Gasteiger charge is -2.29. The van der Waals surface area contributed by atoms with Gasteiger partial charge in [-0.2, -0.15) is 0 Å². The zero-order valence-corrected chi connectivity index (χ0v) is 12.3. The van der Waals surface area contributed by atoms with Crippen molar-refractivity contribution in [2.45, 2.75) is 12.5 Å². The van der Waals surface area contributed by atoms with Crippen molar-refractivity contribution in [1.82, 2.24) is 0 Å². The highest BCUT2D eigenvalue weighted by atomic mass is 16.6. The summed E-state index contributed by atoms with van der Waals surface area (Å²) in [5.74, 6) is 0.663. The molecule has 0 aromatic heterocycles. The lowest BCUT2D eigenvalue weighted by molar-refractivity contribution is -0.144. The summed E-state index contributed by atoms with van der Waals surface area (Å²) in [6.07, 6.45) is 0.185. The number of nitrogens with zero attached hydrogens (tertiary/aromatic N) is 1. The summed E-state index contributed by atoms with van der Waals surface area (Å²) in [6, 6.07) is 7.38. The van der Waals surface area contributed by atoms with Crippen LogP contribution in [0.15, 0.2) is 24.3 Å². The molecule has 1 aromatic carbocycles. The van der Waals surface area contributed by atoms with Gasteiger partial charge in [-0.3, -0.25) is 4.79 Å². The highest BCUT2D eigenvalue weighted by molar-refractivity contribution is 5.96. The summed E-state index contributed by atoms with van der Waals surface area (Å²) in [6.45, 7) is 2.37. The standard InChI is InChI=1S/C15H22N2O4/c1-19-13-5-3-12(4-6-13)17(8-2-7-16)15(18)14-11-20-9-10-21-14/h3-6,14H,2,7-11,16H2,1H3. The number of amides is 1. The van der Waals surface area contributed by atoms with Crippen LogP contribution in [0.1, 0.15) is 6.42 Å². The number of hydrogen-bond acceptors (Lipinski definition) is 5. The fraction of sp³-hybridized carbons (Fsp3) is 0.533. The van der Waals surface area contributed by atoms with E-state index in [0.717, 1.165) is 17.9 Å². The van der Waals surface area contributed by atoms with Crippen molar-refractivity contribution in [3.05, 3.63) is 24.3 Å². The van der Waals surface area contributed by atoms with Gasteiger partial charge in [-0.1, -0.05) is 0 Å². The molecule has 116 valence electrons. The molecule has 0 spiro atoms. The van der Waals surface area contributed by atoms with Crippen LogP contribution in [0.5, 0.6) is 5.75 Å². The van der Waals surface area contributed by atoms with Crippen molar-refractivity contribution in [3.8, 4) is 5.75 Å². The molecule has 21 heavy (non-hydrogen) atoms. The van der Waals surface area contributed by atoms with Crippen LogP contribution >= 0.6 is 0 Å². The van der Waals surface area contributed by atoms with Crippen LogP contribution < -0.4 is 15.4 Å². The maximum absolute atomic E-state index is 12.6. The van der Waals surface area contributed by atoms with Crippen molar-refractivity contribution in [3.63, 3.8) is 0 Å². The van der Waals surface area contributed by atoms with Gasteiger partial charge in [0.2, 0.25) is 0 Å². The van der Waals surface area contributed by atoms with Crippen LogP contribution in [-0.2, 0) is 14.3 Å². The van der Waals surface area contributed by atoms with Crippen LogP contribution in [-0.4, -0.2) is 52.0 Å². The minimum absolute atomic E-state index is 0.0895. The molecule has 1 saturated heterocycles. The zero-order valence-electron chi connectivity index (χ0n) is 12.3. The number of rotatable bonds is 6. The van der Waals surface area contributed by atoms with E-state index >= 15 is 0 Å². The average molecular weight is 294 g/mol. The van der Waals surface area contributed by atoms with Gasteiger partial charge in [0.15, 0.2) is 6.10 Å². The summed E-state index contributed by atoms with van der Waals surface area (Å²) in [5.41, 5.74) is 6.37. The fourth-order valence-electron chi connectivity index (χ4n) is 2.18. The quantitative estimate of drug-likeness (QED) is 0.840. The minimum atomic E-state index is -0.543. The molecular weight excluding hydrogens is 272 g/mol. The molecule has 0 saturated carbocycles. The fourth-order valence-corrected chi connectivity index (χ4v) is 2.18. The van der Waals surface area contributed by atoms with E-state index in [2.05, 4.69) is 0 Å². The molecular formula is C15H22N2O4. The van der Waals surface area contributed by atoms with E-state index in [-0.39, 0.29) is 5.91 Å². The summed E-state index contributed by atoms with van der Waals surface area (Å²) in [4.78, 5) is 14.3. The van der Waals surface area contributed by atoms with E-state index in [1.807, 2.05) is 24.3 Å². The van der Waals surface area contributed by atoms with E-state index in [1.54, 1.807) is 12.0 Å². The van der Waals surface area contributed by atoms with Crippen LogP contribution in [0, 0.1) is 0 Å². The highest BCUT2D eigenvalue weighted by Gasteiger charge is 2.28. The number of hydrogen-bond donors (Lipinski definition) is 1. The predicted molar refractivity (Wildman–Crippen MR) is 79.6 cm³/mol. The molecule has 1 heterocycles. The normalized spacial score (nSPS) is 18.3. The molecule has 1 fully saturated rings. The molecule has 2 N–H and O–H groups in total. The van der Waals surface area contributed by atoms with Crippen molar-refractivity contribution >= 4 is 11.6 Å². The molecule has 6 nitrogen and oxygen atoms in total. The molecule has 6 heteroatoms. The van der Waals surface area contributed by atoms with Crippen molar-refractivity contribution in [2.75, 3.05) is 44.9 Å². The Hall–Kier alpha value is -1.63. The van der Waals surface area contributed by atoms with Crippen molar-refractivity contribution < 1.29 is 19.0 Å². The number of carbonyl (C=O) groups excluding carboxylic acids is 1. The third-order valence-electron chi connectivity index (χ3n) is 3.33. The van der Waals surface area contributed by atoms with Crippen LogP contribution in [0.3, 0.4) is 0 Å². The first-order valence-electron chi connectivity index (χ1n) is 7.11. The van der Waals surface area contributed by atoms with Crippen molar-refractivity contribution in [1.29, 1.82) is 0 Å². The summed E-state index contributed by atoms with van der Waals surface area (Å²) < 4.78 is 15.9. The first-order chi connectivity index (χ1) is 10.3. The number of carbonyl (C=O) groups is 1. The van der Waals surface area contributed by atoms with Crippen LogP contribution in [0.4, 0.5) is 5.69 Å². The third-order valence-corrected chi connectivity index (χ3v) is 3.33. The Labute approximate surface area is 124 Å². The first kappa shape index (κ1) is 15.8. The van der Waals surface area contributed by atoms with Gasteiger partial charge in [-0.15, -0.1) is 0 Å². The minimum Gasteiger partial charge on any atom is -0.497 e. The van der Waals surface area contributed by atoms with Gasteiger partial charge in [-0.05, 0) is 37.2 Å². The Balaban J connectivity index is 2.13. The van der Waals surface area contributed by atoms with Gasteiger partial charge in [-0.25, -0.2) is 0 Å². The Morgan fingerprint density at radius 2 is 2.14 bits per heavy atom. The van der Waals surface area contributed by atoms with Crippen LogP contribution in [0.2, 0.25) is 0 Å². The van der Waals surface area contributed by atoms with Gasteiger partial charge in [0.25, 0.3) is 5.91 Å². The number of anilines is 1. The largest absolute Gasteiger partial charge is 0.497 e. The van der Waals surface area contributed by atoms with E-state index in [9.17, 15) is 4.79 Å². The second-order valence-electron chi connectivity index (χ2n) is 4.76. The molecule has 1 aliphatic heterocycles. The molecule has 1 unspecified atom stereocenters. The Bertz CT molecular complexity index is 443. The number of nitrogens with two attached hydrogens (primary N) is 1. The van der Waals surface area contributed by atoms with Crippen molar-refractivity contribution in [2.24, 2.45) is 5.73 Å². The second kappa shape index (κ2) is 7.97. The molecule has 0 radical (unpaired) electrons. The first-order valence-corrected chi connectivity index (χ1v) is 7.11. The lowest BCUT2D eigenvalue weighted by atomic mass is 10.2. The Morgan fingerprint density at radius 3 is 2.71 bits per heavy atom. The summed E-state index contributed by atoms with van der Waals surface area (Å²) >= 11 is 0. The SMILES string of the molecule is COc1ccc(N(CCCN)C(=O)C2COCCO2)cc1. The molecule has 1 atom stereocenters. The molecule has 1 aromatic rings. The Kier molecular flexibility index (Phi) is 5.98. The maximum Gasteiger partial charge on any atom is 0.258 e. The molecule has 1 amide bonds. The molecule has 2 rings (SSSR count). The molecule has 0 bridgehead atoms. The lowest BCUT2D eigenvalue weighted by Crippen LogP contribution is -2.46. The number of benzene rings is 1. The van der Waals surface area contributed by atoms with Gasteiger partial charge < -0.3 is 24.8 Å². The van der Waals surface area contributed by atoms with E-state index < -0.39 is 6.10 Å². The van der Waals surface area contributed by atoms with E-state index in [4.69, 9.17) is 19.9 Å². The van der Waals surface area contributed by atoms with Gasteiger partial charge in [0, 0.05) is 12.2 Å². The van der Waals surface area contributed by atoms with Gasteiger partial charge in [0.05, 0.1) is 26.9 Å². The average Bonchev–Trinajstić information content (AvgIpc) is 2.56. The monoisotopic (exact) mass is 294 g/mol. The van der Waals surface area contributed by atoms with E-state index in [1.165, 1.54) is 0 Å². The van der Waals surface area contributed by atoms with Gasteiger partial charge >= 0.3 is 0 Å². The zero-order chi connectivity index (χ0) is 15.1. The smallest absolute Gasteiger partial charge is 0.258 e. The third kappa shape index (κ3) is 4.17. The Morgan fingerprint density at radius 1 is 1.38 bits per heavy atom. The van der Waals surface area contributed by atoms with E-state index in [0.29, 0.717) is 32.9 Å². The highest BCUT2D eigenvalue weighted by Crippen LogP contribution is 2.21. The molecule has 1 aliphatic rings. The topological polar surface area (TPSA) is 74.0 Å².